The fraction of sp³-hybridized carbons (Fsp3) is 0.467. The number of aromatic nitrogens is 2. The highest BCUT2D eigenvalue weighted by Gasteiger charge is 2.13. The van der Waals surface area contributed by atoms with Crippen molar-refractivity contribution in [2.24, 2.45) is 0 Å². The maximum absolute atomic E-state index is 12.0. The molecular weight excluding hydrogens is 254 g/mol. The Morgan fingerprint density at radius 3 is 3.00 bits per heavy atom. The van der Waals surface area contributed by atoms with Gasteiger partial charge in [-0.1, -0.05) is 6.07 Å². The molecule has 0 radical (unpaired) electrons. The third-order valence-corrected chi connectivity index (χ3v) is 3.32. The number of nitrogens with zero attached hydrogens (tertiary/aromatic N) is 2. The van der Waals surface area contributed by atoms with Crippen molar-refractivity contribution < 1.29 is 9.53 Å². The molecular formula is C15H21N3O2. The van der Waals surface area contributed by atoms with Crippen LogP contribution < -0.4 is 5.32 Å². The number of ether oxygens (including phenoxy) is 1. The molecule has 5 heteroatoms. The monoisotopic (exact) mass is 275 g/mol. The number of methoxy groups -OCH3 is 1. The molecule has 2 aromatic rings. The molecule has 0 saturated heterocycles. The van der Waals surface area contributed by atoms with Crippen LogP contribution in [0.15, 0.2) is 18.3 Å². The first-order valence-corrected chi connectivity index (χ1v) is 6.82. The molecule has 5 nitrogen and oxygen atoms in total. The average molecular weight is 275 g/mol. The van der Waals surface area contributed by atoms with E-state index in [9.17, 15) is 4.79 Å². The van der Waals surface area contributed by atoms with Gasteiger partial charge in [0.1, 0.15) is 5.65 Å². The molecule has 2 aromatic heterocycles. The standard InChI is InChI=1S/C15H21N3O2/c1-11-6-4-8-18-13(12(2)17-15(11)18)10-14(19)16-7-5-9-20-3/h4,6,8H,5,7,9-10H2,1-3H3,(H,16,19). The number of pyridine rings is 1. The average Bonchev–Trinajstić information content (AvgIpc) is 2.74. The van der Waals surface area contributed by atoms with Crippen molar-refractivity contribution in [3.05, 3.63) is 35.3 Å². The highest BCUT2D eigenvalue weighted by molar-refractivity contribution is 5.78. The zero-order valence-electron chi connectivity index (χ0n) is 12.3. The molecule has 0 unspecified atom stereocenters. The number of amides is 1. The predicted octanol–water partition coefficient (Wildman–Crippen LogP) is 1.65. The summed E-state index contributed by atoms with van der Waals surface area (Å²) in [6.07, 6.45) is 3.13. The SMILES string of the molecule is COCCCNC(=O)Cc1c(C)nc2c(C)cccn12. The van der Waals surface area contributed by atoms with Crippen molar-refractivity contribution in [1.82, 2.24) is 14.7 Å². The van der Waals surface area contributed by atoms with Crippen molar-refractivity contribution in [3.8, 4) is 0 Å². The number of hydrogen-bond acceptors (Lipinski definition) is 3. The summed E-state index contributed by atoms with van der Waals surface area (Å²) >= 11 is 0. The molecule has 2 rings (SSSR count). The fourth-order valence-electron chi connectivity index (χ4n) is 2.24. The smallest absolute Gasteiger partial charge is 0.226 e. The molecule has 1 N–H and O–H groups in total. The highest BCUT2D eigenvalue weighted by Crippen LogP contribution is 2.15. The van der Waals surface area contributed by atoms with Crippen LogP contribution in [0, 0.1) is 13.8 Å². The van der Waals surface area contributed by atoms with E-state index in [0.29, 0.717) is 19.6 Å². The molecule has 108 valence electrons. The van der Waals surface area contributed by atoms with Gasteiger partial charge < -0.3 is 14.5 Å². The first kappa shape index (κ1) is 14.5. The summed E-state index contributed by atoms with van der Waals surface area (Å²) in [5.74, 6) is 0.0208. The van der Waals surface area contributed by atoms with E-state index in [4.69, 9.17) is 4.74 Å². The first-order valence-electron chi connectivity index (χ1n) is 6.82. The second kappa shape index (κ2) is 6.52. The van der Waals surface area contributed by atoms with E-state index < -0.39 is 0 Å². The lowest BCUT2D eigenvalue weighted by Gasteiger charge is -2.06. The lowest BCUT2D eigenvalue weighted by molar-refractivity contribution is -0.120. The van der Waals surface area contributed by atoms with Crippen LogP contribution in [0.25, 0.3) is 5.65 Å². The van der Waals surface area contributed by atoms with Gasteiger partial charge in [-0.15, -0.1) is 0 Å². The summed E-state index contributed by atoms with van der Waals surface area (Å²) in [5, 5.41) is 2.90. The lowest BCUT2D eigenvalue weighted by Crippen LogP contribution is -2.27. The Morgan fingerprint density at radius 2 is 2.25 bits per heavy atom. The van der Waals surface area contributed by atoms with Crippen LogP contribution >= 0.6 is 0 Å². The Balaban J connectivity index is 2.08. The number of rotatable bonds is 6. The number of hydrogen-bond donors (Lipinski definition) is 1. The van der Waals surface area contributed by atoms with E-state index in [1.54, 1.807) is 7.11 Å². The van der Waals surface area contributed by atoms with Crippen molar-refractivity contribution in [2.75, 3.05) is 20.3 Å². The van der Waals surface area contributed by atoms with E-state index in [2.05, 4.69) is 10.3 Å². The summed E-state index contributed by atoms with van der Waals surface area (Å²) in [5.41, 5.74) is 3.90. The zero-order valence-corrected chi connectivity index (χ0v) is 12.3. The van der Waals surface area contributed by atoms with Crippen molar-refractivity contribution in [3.63, 3.8) is 0 Å². The maximum atomic E-state index is 12.0. The quantitative estimate of drug-likeness (QED) is 0.816. The van der Waals surface area contributed by atoms with Crippen LogP contribution in [-0.4, -0.2) is 35.6 Å². The van der Waals surface area contributed by atoms with Gasteiger partial charge in [0.2, 0.25) is 5.91 Å². The second-order valence-corrected chi connectivity index (χ2v) is 4.90. The summed E-state index contributed by atoms with van der Waals surface area (Å²) in [6.45, 7) is 5.27. The summed E-state index contributed by atoms with van der Waals surface area (Å²) in [4.78, 5) is 16.5. The topological polar surface area (TPSA) is 55.6 Å². The number of fused-ring (bicyclic) bond motifs is 1. The van der Waals surface area contributed by atoms with Gasteiger partial charge in [0.25, 0.3) is 0 Å². The molecule has 0 saturated carbocycles. The van der Waals surface area contributed by atoms with E-state index in [1.165, 1.54) is 0 Å². The number of carbonyl (C=O) groups is 1. The summed E-state index contributed by atoms with van der Waals surface area (Å²) in [6, 6.07) is 4.00. The Morgan fingerprint density at radius 1 is 1.45 bits per heavy atom. The zero-order chi connectivity index (χ0) is 14.5. The minimum Gasteiger partial charge on any atom is -0.385 e. The fourth-order valence-corrected chi connectivity index (χ4v) is 2.24. The van der Waals surface area contributed by atoms with Crippen molar-refractivity contribution >= 4 is 11.6 Å². The van der Waals surface area contributed by atoms with Crippen molar-refractivity contribution in [1.29, 1.82) is 0 Å². The van der Waals surface area contributed by atoms with Crippen molar-refractivity contribution in [2.45, 2.75) is 26.7 Å². The van der Waals surface area contributed by atoms with Gasteiger partial charge in [-0.25, -0.2) is 4.98 Å². The van der Waals surface area contributed by atoms with Gasteiger partial charge >= 0.3 is 0 Å². The van der Waals surface area contributed by atoms with Crippen LogP contribution in [0.2, 0.25) is 0 Å². The Bertz CT molecular complexity index is 604. The van der Waals surface area contributed by atoms with Crippen LogP contribution in [0.4, 0.5) is 0 Å². The Hall–Kier alpha value is -1.88. The molecule has 0 spiro atoms. The second-order valence-electron chi connectivity index (χ2n) is 4.90. The normalized spacial score (nSPS) is 10.9. The lowest BCUT2D eigenvalue weighted by atomic mass is 10.2. The van der Waals surface area contributed by atoms with Gasteiger partial charge in [-0.3, -0.25) is 4.79 Å². The van der Waals surface area contributed by atoms with Crippen LogP contribution in [-0.2, 0) is 16.0 Å². The van der Waals surface area contributed by atoms with E-state index in [1.807, 2.05) is 36.6 Å². The molecule has 0 aliphatic carbocycles. The minimum atomic E-state index is 0.0208. The number of nitrogens with one attached hydrogen (secondary N) is 1. The van der Waals surface area contributed by atoms with E-state index in [0.717, 1.165) is 29.0 Å². The molecule has 20 heavy (non-hydrogen) atoms. The molecule has 0 fully saturated rings. The van der Waals surface area contributed by atoms with Crippen LogP contribution in [0.5, 0.6) is 0 Å². The molecule has 1 amide bonds. The number of imidazole rings is 1. The van der Waals surface area contributed by atoms with E-state index >= 15 is 0 Å². The highest BCUT2D eigenvalue weighted by atomic mass is 16.5. The number of aryl methyl sites for hydroxylation is 2. The van der Waals surface area contributed by atoms with Crippen LogP contribution in [0.3, 0.4) is 0 Å². The predicted molar refractivity (Wildman–Crippen MR) is 77.9 cm³/mol. The molecule has 0 aliphatic heterocycles. The first-order chi connectivity index (χ1) is 9.63. The van der Waals surface area contributed by atoms with Gasteiger partial charge in [-0.05, 0) is 31.9 Å². The number of carbonyl (C=O) groups excluding carboxylic acids is 1. The molecule has 0 aromatic carbocycles. The summed E-state index contributed by atoms with van der Waals surface area (Å²) < 4.78 is 6.95. The largest absolute Gasteiger partial charge is 0.385 e. The molecule has 2 heterocycles. The Labute approximate surface area is 119 Å². The van der Waals surface area contributed by atoms with Crippen LogP contribution in [0.1, 0.15) is 23.4 Å². The summed E-state index contributed by atoms with van der Waals surface area (Å²) in [7, 11) is 1.66. The third-order valence-electron chi connectivity index (χ3n) is 3.32. The molecule has 0 bridgehead atoms. The van der Waals surface area contributed by atoms with Gasteiger partial charge in [0, 0.05) is 26.5 Å². The van der Waals surface area contributed by atoms with E-state index in [-0.39, 0.29) is 5.91 Å². The van der Waals surface area contributed by atoms with Gasteiger partial charge in [0.15, 0.2) is 0 Å². The Kier molecular flexibility index (Phi) is 4.74. The molecule has 0 aliphatic rings. The minimum absolute atomic E-state index is 0.0208. The van der Waals surface area contributed by atoms with Gasteiger partial charge in [0.05, 0.1) is 17.8 Å². The van der Waals surface area contributed by atoms with Gasteiger partial charge in [-0.2, -0.15) is 0 Å². The maximum Gasteiger partial charge on any atom is 0.226 e. The molecule has 0 atom stereocenters. The third kappa shape index (κ3) is 3.17.